The molecule has 0 radical (unpaired) electrons. The van der Waals surface area contributed by atoms with E-state index in [0.29, 0.717) is 38.3 Å². The summed E-state index contributed by atoms with van der Waals surface area (Å²) in [6.07, 6.45) is -3.25. The normalized spacial score (nSPS) is 18.6. The van der Waals surface area contributed by atoms with Crippen molar-refractivity contribution in [2.45, 2.75) is 31.7 Å². The Morgan fingerprint density at radius 1 is 1.43 bits per heavy atom. The molecule has 0 spiro atoms. The average molecular weight is 357 g/mol. The van der Waals surface area contributed by atoms with Crippen molar-refractivity contribution in [2.75, 3.05) is 31.1 Å². The molecular formula is C13H20ClF3N4O2. The second kappa shape index (κ2) is 8.51. The van der Waals surface area contributed by atoms with Crippen LogP contribution in [0.5, 0.6) is 0 Å². The Morgan fingerprint density at radius 3 is 2.78 bits per heavy atom. The third-order valence-electron chi connectivity index (χ3n) is 3.45. The molecule has 0 amide bonds. The number of hydrogen-bond acceptors (Lipinski definition) is 5. The van der Waals surface area contributed by atoms with Crippen LogP contribution in [0.1, 0.15) is 12.8 Å². The summed E-state index contributed by atoms with van der Waals surface area (Å²) in [6.45, 7) is 1.75. The number of hydrogen-bond donors (Lipinski definition) is 1. The summed E-state index contributed by atoms with van der Waals surface area (Å²) in [6, 6.07) is 1.31. The molecule has 132 valence electrons. The quantitative estimate of drug-likeness (QED) is 0.857. The third kappa shape index (κ3) is 6.00. The van der Waals surface area contributed by atoms with Crippen LogP contribution >= 0.6 is 12.4 Å². The van der Waals surface area contributed by atoms with Gasteiger partial charge in [0.15, 0.2) is 0 Å². The van der Waals surface area contributed by atoms with Crippen LogP contribution in [0, 0.1) is 0 Å². The SMILES string of the molecule is Cl.NCCC1CN(c2cnn(CCC(F)(F)F)c(=O)c2)CCO1. The van der Waals surface area contributed by atoms with Gasteiger partial charge in [-0.05, 0) is 13.0 Å². The molecule has 1 aromatic rings. The van der Waals surface area contributed by atoms with Gasteiger partial charge in [-0.15, -0.1) is 12.4 Å². The number of morpholine rings is 1. The van der Waals surface area contributed by atoms with Gasteiger partial charge in [0.2, 0.25) is 0 Å². The van der Waals surface area contributed by atoms with Gasteiger partial charge in [-0.2, -0.15) is 18.3 Å². The summed E-state index contributed by atoms with van der Waals surface area (Å²) in [7, 11) is 0. The van der Waals surface area contributed by atoms with Crippen molar-refractivity contribution < 1.29 is 17.9 Å². The number of aryl methyl sites for hydroxylation is 1. The number of ether oxygens (including phenoxy) is 1. The third-order valence-corrected chi connectivity index (χ3v) is 3.45. The van der Waals surface area contributed by atoms with Crippen molar-refractivity contribution in [1.29, 1.82) is 0 Å². The summed E-state index contributed by atoms with van der Waals surface area (Å²) in [5.41, 5.74) is 5.56. The van der Waals surface area contributed by atoms with Crippen molar-refractivity contribution in [1.82, 2.24) is 9.78 Å². The predicted octanol–water partition coefficient (Wildman–Crippen LogP) is 1.17. The van der Waals surface area contributed by atoms with E-state index < -0.39 is 24.7 Å². The highest BCUT2D eigenvalue weighted by Crippen LogP contribution is 2.20. The molecular weight excluding hydrogens is 337 g/mol. The molecule has 0 saturated carbocycles. The maximum absolute atomic E-state index is 12.2. The molecule has 10 heteroatoms. The first-order valence-corrected chi connectivity index (χ1v) is 7.09. The van der Waals surface area contributed by atoms with Gasteiger partial charge in [-0.1, -0.05) is 0 Å². The van der Waals surface area contributed by atoms with E-state index in [4.69, 9.17) is 10.5 Å². The predicted molar refractivity (Wildman–Crippen MR) is 82.0 cm³/mol. The monoisotopic (exact) mass is 356 g/mol. The molecule has 2 N–H and O–H groups in total. The summed E-state index contributed by atoms with van der Waals surface area (Å²) >= 11 is 0. The first-order valence-electron chi connectivity index (χ1n) is 7.09. The molecule has 23 heavy (non-hydrogen) atoms. The van der Waals surface area contributed by atoms with Crippen LogP contribution in [0.3, 0.4) is 0 Å². The van der Waals surface area contributed by atoms with Gasteiger partial charge in [0.25, 0.3) is 5.56 Å². The van der Waals surface area contributed by atoms with Gasteiger partial charge in [0.1, 0.15) is 0 Å². The molecule has 1 aliphatic heterocycles. The van der Waals surface area contributed by atoms with Crippen LogP contribution in [-0.2, 0) is 11.3 Å². The number of rotatable bonds is 5. The second-order valence-electron chi connectivity index (χ2n) is 5.16. The molecule has 0 aromatic carbocycles. The molecule has 1 aromatic heterocycles. The minimum atomic E-state index is -4.31. The van der Waals surface area contributed by atoms with Crippen LogP contribution in [0.4, 0.5) is 18.9 Å². The fourth-order valence-electron chi connectivity index (χ4n) is 2.31. The smallest absolute Gasteiger partial charge is 0.374 e. The molecule has 2 heterocycles. The summed E-state index contributed by atoms with van der Waals surface area (Å²) in [5, 5.41) is 3.82. The van der Waals surface area contributed by atoms with Gasteiger partial charge in [0.05, 0.1) is 37.6 Å². The van der Waals surface area contributed by atoms with Crippen molar-refractivity contribution >= 4 is 18.1 Å². The Labute approximate surface area is 137 Å². The highest BCUT2D eigenvalue weighted by Gasteiger charge is 2.27. The Morgan fingerprint density at radius 2 is 2.17 bits per heavy atom. The van der Waals surface area contributed by atoms with E-state index in [1.807, 2.05) is 4.90 Å². The lowest BCUT2D eigenvalue weighted by Crippen LogP contribution is -2.44. The minimum absolute atomic E-state index is 0. The molecule has 6 nitrogen and oxygen atoms in total. The number of nitrogens with two attached hydrogens (primary N) is 1. The van der Waals surface area contributed by atoms with Crippen molar-refractivity contribution in [3.8, 4) is 0 Å². The molecule has 0 aliphatic carbocycles. The van der Waals surface area contributed by atoms with Crippen molar-refractivity contribution in [3.63, 3.8) is 0 Å². The zero-order chi connectivity index (χ0) is 16.2. The van der Waals surface area contributed by atoms with E-state index in [-0.39, 0.29) is 18.5 Å². The summed E-state index contributed by atoms with van der Waals surface area (Å²) in [4.78, 5) is 13.8. The topological polar surface area (TPSA) is 73.4 Å². The lowest BCUT2D eigenvalue weighted by atomic mass is 10.2. The fourth-order valence-corrected chi connectivity index (χ4v) is 2.31. The van der Waals surface area contributed by atoms with E-state index in [0.717, 1.165) is 4.68 Å². The largest absolute Gasteiger partial charge is 0.390 e. The van der Waals surface area contributed by atoms with Crippen LogP contribution in [0.25, 0.3) is 0 Å². The van der Waals surface area contributed by atoms with Gasteiger partial charge in [0, 0.05) is 19.2 Å². The minimum Gasteiger partial charge on any atom is -0.374 e. The van der Waals surface area contributed by atoms with E-state index in [1.54, 1.807) is 0 Å². The van der Waals surface area contributed by atoms with Crippen molar-refractivity contribution in [3.05, 3.63) is 22.6 Å². The Hall–Kier alpha value is -1.32. The molecule has 0 bridgehead atoms. The molecule has 2 rings (SSSR count). The van der Waals surface area contributed by atoms with Gasteiger partial charge >= 0.3 is 6.18 Å². The summed E-state index contributed by atoms with van der Waals surface area (Å²) < 4.78 is 42.9. The highest BCUT2D eigenvalue weighted by atomic mass is 35.5. The zero-order valence-corrected chi connectivity index (χ0v) is 13.3. The van der Waals surface area contributed by atoms with E-state index >= 15 is 0 Å². The average Bonchev–Trinajstić information content (AvgIpc) is 2.45. The second-order valence-corrected chi connectivity index (χ2v) is 5.16. The van der Waals surface area contributed by atoms with E-state index in [1.165, 1.54) is 12.3 Å². The van der Waals surface area contributed by atoms with Crippen molar-refractivity contribution in [2.24, 2.45) is 5.73 Å². The van der Waals surface area contributed by atoms with Crippen LogP contribution in [-0.4, -0.2) is 48.3 Å². The first kappa shape index (κ1) is 19.7. The first-order chi connectivity index (χ1) is 10.4. The van der Waals surface area contributed by atoms with Gasteiger partial charge in [-0.25, -0.2) is 4.68 Å². The number of halogens is 4. The van der Waals surface area contributed by atoms with E-state index in [2.05, 4.69) is 5.10 Å². The van der Waals surface area contributed by atoms with Crippen LogP contribution < -0.4 is 16.2 Å². The van der Waals surface area contributed by atoms with Crippen LogP contribution in [0.15, 0.2) is 17.1 Å². The standard InChI is InChI=1S/C13H19F3N4O2.ClH/c14-13(15,16)2-4-20-12(21)7-10(8-18-20)19-5-6-22-11(9-19)1-3-17;/h7-8,11H,1-6,9,17H2;1H. The number of anilines is 1. The van der Waals surface area contributed by atoms with E-state index in [9.17, 15) is 18.0 Å². The Balaban J connectivity index is 0.00000264. The number of alkyl halides is 3. The fraction of sp³-hybridized carbons (Fsp3) is 0.692. The molecule has 1 aliphatic rings. The van der Waals surface area contributed by atoms with Gasteiger partial charge < -0.3 is 15.4 Å². The number of aromatic nitrogens is 2. The van der Waals surface area contributed by atoms with Crippen LogP contribution in [0.2, 0.25) is 0 Å². The lowest BCUT2D eigenvalue weighted by molar-refractivity contribution is -0.137. The Bertz CT molecular complexity index is 551. The Kier molecular flexibility index (Phi) is 7.30. The molecule has 1 atom stereocenters. The maximum Gasteiger partial charge on any atom is 0.390 e. The highest BCUT2D eigenvalue weighted by molar-refractivity contribution is 5.85. The summed E-state index contributed by atoms with van der Waals surface area (Å²) in [5.74, 6) is 0. The number of nitrogens with zero attached hydrogens (tertiary/aromatic N) is 3. The zero-order valence-electron chi connectivity index (χ0n) is 12.5. The van der Waals surface area contributed by atoms with Gasteiger partial charge in [-0.3, -0.25) is 4.79 Å². The molecule has 1 saturated heterocycles. The molecule has 1 fully saturated rings. The lowest BCUT2D eigenvalue weighted by Gasteiger charge is -2.34. The maximum atomic E-state index is 12.2. The molecule has 1 unspecified atom stereocenters.